The summed E-state index contributed by atoms with van der Waals surface area (Å²) in [6.45, 7) is 0.719. The van der Waals surface area contributed by atoms with Crippen LogP contribution in [-0.2, 0) is 13.0 Å². The van der Waals surface area contributed by atoms with Crippen LogP contribution in [0.2, 0.25) is 5.02 Å². The van der Waals surface area contributed by atoms with Crippen LogP contribution in [0.4, 0.5) is 4.39 Å². The first kappa shape index (κ1) is 12.8. The Labute approximate surface area is 123 Å². The van der Waals surface area contributed by atoms with E-state index in [-0.39, 0.29) is 5.02 Å². The number of imidazole rings is 1. The van der Waals surface area contributed by atoms with Gasteiger partial charge in [0, 0.05) is 12.6 Å². The van der Waals surface area contributed by atoms with E-state index in [0.717, 1.165) is 24.0 Å². The summed E-state index contributed by atoms with van der Waals surface area (Å²) in [7, 11) is 0. The number of aryl methyl sites for hydroxylation is 2. The average Bonchev–Trinajstić information content (AvgIpc) is 2.96. The number of aromatic nitrogens is 2. The molecule has 1 N–H and O–H groups in total. The molecule has 3 aromatic rings. The zero-order valence-corrected chi connectivity index (χ0v) is 12.2. The number of fused-ring (bicyclic) bond motifs is 1. The maximum absolute atomic E-state index is 13.6. The molecule has 6 heteroatoms. The van der Waals surface area contributed by atoms with Gasteiger partial charge in [-0.2, -0.15) is 11.3 Å². The van der Waals surface area contributed by atoms with Gasteiger partial charge in [-0.15, -0.1) is 0 Å². The smallest absolute Gasteiger partial charge is 0.178 e. The van der Waals surface area contributed by atoms with Gasteiger partial charge in [0.05, 0.1) is 16.1 Å². The highest BCUT2D eigenvalue weighted by molar-refractivity contribution is 7.71. The molecule has 1 aromatic carbocycles. The molecule has 0 bridgehead atoms. The third-order valence-electron chi connectivity index (χ3n) is 3.02. The first-order chi connectivity index (χ1) is 9.15. The summed E-state index contributed by atoms with van der Waals surface area (Å²) >= 11 is 12.7. The van der Waals surface area contributed by atoms with Gasteiger partial charge < -0.3 is 9.55 Å². The summed E-state index contributed by atoms with van der Waals surface area (Å²) in [5, 5.41) is 4.26. The van der Waals surface area contributed by atoms with E-state index in [9.17, 15) is 4.39 Å². The Morgan fingerprint density at radius 3 is 3.00 bits per heavy atom. The summed E-state index contributed by atoms with van der Waals surface area (Å²) in [6.07, 6.45) is 0.870. The summed E-state index contributed by atoms with van der Waals surface area (Å²) < 4.78 is 16.1. The van der Waals surface area contributed by atoms with Crippen molar-refractivity contribution in [1.29, 1.82) is 0 Å². The molecule has 0 aliphatic heterocycles. The van der Waals surface area contributed by atoms with Crippen LogP contribution < -0.4 is 0 Å². The van der Waals surface area contributed by atoms with Crippen molar-refractivity contribution in [2.75, 3.05) is 0 Å². The maximum Gasteiger partial charge on any atom is 0.178 e. The Morgan fingerprint density at radius 2 is 2.26 bits per heavy atom. The lowest BCUT2D eigenvalue weighted by molar-refractivity contribution is 0.627. The van der Waals surface area contributed by atoms with Crippen LogP contribution in [0.3, 0.4) is 0 Å². The molecule has 0 fully saturated rings. The molecule has 0 atom stereocenters. The van der Waals surface area contributed by atoms with Crippen molar-refractivity contribution >= 4 is 46.2 Å². The largest absolute Gasteiger partial charge is 0.331 e. The minimum atomic E-state index is -0.424. The second-order valence-corrected chi connectivity index (χ2v) is 5.82. The van der Waals surface area contributed by atoms with E-state index >= 15 is 0 Å². The van der Waals surface area contributed by atoms with E-state index in [1.807, 2.05) is 9.95 Å². The highest BCUT2D eigenvalue weighted by Crippen LogP contribution is 2.23. The Kier molecular flexibility index (Phi) is 3.43. The molecule has 0 spiro atoms. The SMILES string of the molecule is Fc1cc2c(cc1Cl)[nH]c(=S)n2CCc1ccsc1. The zero-order valence-electron chi connectivity index (χ0n) is 9.82. The second-order valence-electron chi connectivity index (χ2n) is 4.25. The first-order valence-electron chi connectivity index (χ1n) is 5.74. The fraction of sp³-hybridized carbons (Fsp3) is 0.154. The quantitative estimate of drug-likeness (QED) is 0.689. The number of rotatable bonds is 3. The molecule has 3 rings (SSSR count). The molecule has 0 aliphatic rings. The van der Waals surface area contributed by atoms with Gasteiger partial charge in [0.15, 0.2) is 4.77 Å². The van der Waals surface area contributed by atoms with Crippen LogP contribution in [-0.4, -0.2) is 9.55 Å². The summed E-state index contributed by atoms with van der Waals surface area (Å²) in [6, 6.07) is 5.08. The molecule has 19 heavy (non-hydrogen) atoms. The summed E-state index contributed by atoms with van der Waals surface area (Å²) in [4.78, 5) is 3.05. The molecule has 2 aromatic heterocycles. The lowest BCUT2D eigenvalue weighted by Gasteiger charge is -2.04. The molecule has 2 heterocycles. The van der Waals surface area contributed by atoms with Gasteiger partial charge >= 0.3 is 0 Å². The van der Waals surface area contributed by atoms with E-state index in [2.05, 4.69) is 16.4 Å². The van der Waals surface area contributed by atoms with Gasteiger partial charge in [-0.05, 0) is 47.1 Å². The molecule has 0 radical (unpaired) electrons. The third kappa shape index (κ3) is 2.45. The number of benzene rings is 1. The minimum absolute atomic E-state index is 0.105. The molecule has 0 aliphatic carbocycles. The Balaban J connectivity index is 2.00. The van der Waals surface area contributed by atoms with Crippen LogP contribution in [0.15, 0.2) is 29.0 Å². The van der Waals surface area contributed by atoms with Gasteiger partial charge in [0.25, 0.3) is 0 Å². The molecular formula is C13H10ClFN2S2. The van der Waals surface area contributed by atoms with E-state index in [0.29, 0.717) is 4.77 Å². The van der Waals surface area contributed by atoms with Gasteiger partial charge in [-0.25, -0.2) is 4.39 Å². The number of nitrogens with one attached hydrogen (secondary N) is 1. The number of aromatic amines is 1. The molecule has 98 valence electrons. The fourth-order valence-corrected chi connectivity index (χ4v) is 3.22. The van der Waals surface area contributed by atoms with Crippen LogP contribution in [0.1, 0.15) is 5.56 Å². The first-order valence-corrected chi connectivity index (χ1v) is 7.46. The third-order valence-corrected chi connectivity index (χ3v) is 4.36. The number of hydrogen-bond acceptors (Lipinski definition) is 2. The van der Waals surface area contributed by atoms with Crippen LogP contribution >= 0.6 is 35.2 Å². The van der Waals surface area contributed by atoms with Gasteiger partial charge in [0.1, 0.15) is 5.82 Å². The molecule has 2 nitrogen and oxygen atoms in total. The van der Waals surface area contributed by atoms with Gasteiger partial charge in [0.2, 0.25) is 0 Å². The van der Waals surface area contributed by atoms with Crippen molar-refractivity contribution in [3.8, 4) is 0 Å². The highest BCUT2D eigenvalue weighted by atomic mass is 35.5. The van der Waals surface area contributed by atoms with Crippen molar-refractivity contribution < 1.29 is 4.39 Å². The Bertz CT molecular complexity index is 774. The normalized spacial score (nSPS) is 11.3. The van der Waals surface area contributed by atoms with Gasteiger partial charge in [-0.1, -0.05) is 11.6 Å². The Morgan fingerprint density at radius 1 is 1.42 bits per heavy atom. The standard InChI is InChI=1S/C13H10ClFN2S2/c14-9-5-11-12(6-10(9)15)17(13(18)16-11)3-1-8-2-4-19-7-8/h2,4-7H,1,3H2,(H,16,18). The summed E-state index contributed by atoms with van der Waals surface area (Å²) in [5.74, 6) is -0.424. The van der Waals surface area contributed by atoms with E-state index in [1.54, 1.807) is 17.4 Å². The Hall–Kier alpha value is -1.17. The second kappa shape index (κ2) is 5.07. The van der Waals surface area contributed by atoms with Crippen LogP contribution in [0.25, 0.3) is 11.0 Å². The van der Waals surface area contributed by atoms with Crippen molar-refractivity contribution in [3.63, 3.8) is 0 Å². The molecule has 0 amide bonds. The minimum Gasteiger partial charge on any atom is -0.331 e. The van der Waals surface area contributed by atoms with Gasteiger partial charge in [-0.3, -0.25) is 0 Å². The number of halogens is 2. The lowest BCUT2D eigenvalue weighted by Crippen LogP contribution is -2.00. The zero-order chi connectivity index (χ0) is 13.4. The monoisotopic (exact) mass is 312 g/mol. The van der Waals surface area contributed by atoms with E-state index in [4.69, 9.17) is 23.8 Å². The average molecular weight is 313 g/mol. The van der Waals surface area contributed by atoms with E-state index < -0.39 is 5.82 Å². The highest BCUT2D eigenvalue weighted by Gasteiger charge is 2.09. The number of hydrogen-bond donors (Lipinski definition) is 1. The topological polar surface area (TPSA) is 20.7 Å². The van der Waals surface area contributed by atoms with Crippen molar-refractivity contribution in [2.45, 2.75) is 13.0 Å². The van der Waals surface area contributed by atoms with Crippen molar-refractivity contribution in [1.82, 2.24) is 9.55 Å². The predicted octanol–water partition coefficient (Wildman–Crippen LogP) is 4.80. The molecular weight excluding hydrogens is 303 g/mol. The number of nitrogens with zero attached hydrogens (tertiary/aromatic N) is 1. The van der Waals surface area contributed by atoms with Crippen molar-refractivity contribution in [2.24, 2.45) is 0 Å². The number of thiophene rings is 1. The van der Waals surface area contributed by atoms with Crippen molar-refractivity contribution in [3.05, 3.63) is 50.1 Å². The molecule has 0 unspecified atom stereocenters. The lowest BCUT2D eigenvalue weighted by atomic mass is 10.2. The van der Waals surface area contributed by atoms with E-state index in [1.165, 1.54) is 11.6 Å². The molecule has 0 saturated carbocycles. The molecule has 0 saturated heterocycles. The summed E-state index contributed by atoms with van der Waals surface area (Å²) in [5.41, 5.74) is 2.78. The fourth-order valence-electron chi connectivity index (χ4n) is 2.05. The number of H-pyrrole nitrogens is 1. The van der Waals surface area contributed by atoms with Crippen LogP contribution in [0, 0.1) is 10.6 Å². The predicted molar refractivity (Wildman–Crippen MR) is 80.1 cm³/mol. The maximum atomic E-state index is 13.6. The van der Waals surface area contributed by atoms with Crippen LogP contribution in [0.5, 0.6) is 0 Å².